The van der Waals surface area contributed by atoms with Gasteiger partial charge in [0.15, 0.2) is 5.82 Å². The number of benzene rings is 8. The molecule has 0 radical (unpaired) electrons. The molecule has 3 nitrogen and oxygen atoms in total. The maximum absolute atomic E-state index is 5.29. The summed E-state index contributed by atoms with van der Waals surface area (Å²) >= 11 is 1.87. The smallest absolute Gasteiger partial charge is 0.160 e. The third-order valence-corrected chi connectivity index (χ3v) is 12.1. The number of hydrogen-bond donors (Lipinski definition) is 0. The van der Waals surface area contributed by atoms with Gasteiger partial charge in [0.05, 0.1) is 22.6 Å². The van der Waals surface area contributed by atoms with Crippen molar-refractivity contribution in [1.29, 1.82) is 0 Å². The monoisotopic (exact) mass is 743 g/mol. The van der Waals surface area contributed by atoms with E-state index in [9.17, 15) is 0 Å². The maximum Gasteiger partial charge on any atom is 0.160 e. The minimum absolute atomic E-state index is 0.684. The van der Waals surface area contributed by atoms with Crippen LogP contribution in [0.1, 0.15) is 0 Å². The van der Waals surface area contributed by atoms with Crippen molar-refractivity contribution in [3.8, 4) is 67.4 Å². The Morgan fingerprint density at radius 1 is 0.316 bits per heavy atom. The summed E-state index contributed by atoms with van der Waals surface area (Å²) in [5.41, 5.74) is 12.4. The summed E-state index contributed by atoms with van der Waals surface area (Å²) in [5.74, 6) is 0.684. The van der Waals surface area contributed by atoms with E-state index in [1.165, 1.54) is 36.5 Å². The number of thiophene rings is 1. The zero-order valence-electron chi connectivity index (χ0n) is 30.8. The zero-order chi connectivity index (χ0) is 37.7. The molecule has 0 atom stereocenters. The van der Waals surface area contributed by atoms with E-state index in [0.29, 0.717) is 5.82 Å². The molecule has 0 saturated carbocycles. The van der Waals surface area contributed by atoms with Gasteiger partial charge in [0.2, 0.25) is 0 Å². The normalized spacial score (nSPS) is 11.5. The SMILES string of the molecule is c1ccc(-c2cccc(-c3cc(-c4ccc(-c5nc6ccccc6c6c5ccc5c7ccccc7sc56)cc4)nc(-c4cccc(-c5ccccc5)c4)n3)c2)cc1. The molecular formula is C53H33N3S. The lowest BCUT2D eigenvalue weighted by Crippen LogP contribution is -1.96. The van der Waals surface area contributed by atoms with Crippen molar-refractivity contribution in [3.63, 3.8) is 0 Å². The molecule has 0 aliphatic heterocycles. The van der Waals surface area contributed by atoms with Gasteiger partial charge in [0, 0.05) is 58.6 Å². The van der Waals surface area contributed by atoms with Crippen LogP contribution in [0.2, 0.25) is 0 Å². The van der Waals surface area contributed by atoms with Crippen LogP contribution in [0.4, 0.5) is 0 Å². The van der Waals surface area contributed by atoms with Gasteiger partial charge in [0.1, 0.15) is 0 Å². The summed E-state index contributed by atoms with van der Waals surface area (Å²) in [4.78, 5) is 15.7. The van der Waals surface area contributed by atoms with Crippen LogP contribution in [0.25, 0.3) is 109 Å². The molecule has 3 aromatic heterocycles. The molecule has 0 bridgehead atoms. The fraction of sp³-hybridized carbons (Fsp3) is 0. The summed E-state index contributed by atoms with van der Waals surface area (Å²) in [6.07, 6.45) is 0. The first kappa shape index (κ1) is 33.1. The highest BCUT2D eigenvalue weighted by Gasteiger charge is 2.17. The molecule has 0 saturated heterocycles. The molecule has 0 N–H and O–H groups in total. The fourth-order valence-corrected chi connectivity index (χ4v) is 9.33. The van der Waals surface area contributed by atoms with Crippen molar-refractivity contribution in [2.45, 2.75) is 0 Å². The molecule has 57 heavy (non-hydrogen) atoms. The molecule has 0 aliphatic rings. The summed E-state index contributed by atoms with van der Waals surface area (Å²) in [6, 6.07) is 70.7. The third-order valence-electron chi connectivity index (χ3n) is 10.9. The molecule has 11 aromatic rings. The topological polar surface area (TPSA) is 38.7 Å². The van der Waals surface area contributed by atoms with Crippen LogP contribution in [0.3, 0.4) is 0 Å². The Hall–Kier alpha value is -7.27. The first-order valence-electron chi connectivity index (χ1n) is 19.2. The predicted molar refractivity (Wildman–Crippen MR) is 240 cm³/mol. The van der Waals surface area contributed by atoms with Gasteiger partial charge in [-0.1, -0.05) is 170 Å². The Morgan fingerprint density at radius 2 is 0.860 bits per heavy atom. The number of fused-ring (bicyclic) bond motifs is 7. The fourth-order valence-electron chi connectivity index (χ4n) is 8.06. The Balaban J connectivity index is 1.05. The number of para-hydroxylation sites is 1. The van der Waals surface area contributed by atoms with Gasteiger partial charge >= 0.3 is 0 Å². The molecule has 4 heteroatoms. The first-order valence-corrected chi connectivity index (χ1v) is 20.0. The molecule has 0 amide bonds. The van der Waals surface area contributed by atoms with Crippen molar-refractivity contribution in [2.24, 2.45) is 0 Å². The van der Waals surface area contributed by atoms with E-state index in [1.807, 2.05) is 23.5 Å². The van der Waals surface area contributed by atoms with Crippen molar-refractivity contribution in [1.82, 2.24) is 15.0 Å². The number of nitrogens with zero attached hydrogens (tertiary/aromatic N) is 3. The highest BCUT2D eigenvalue weighted by molar-refractivity contribution is 7.26. The zero-order valence-corrected chi connectivity index (χ0v) is 31.6. The van der Waals surface area contributed by atoms with Crippen LogP contribution >= 0.6 is 11.3 Å². The molecule has 0 fully saturated rings. The first-order chi connectivity index (χ1) is 28.2. The summed E-state index contributed by atoms with van der Waals surface area (Å²) < 4.78 is 2.60. The predicted octanol–water partition coefficient (Wildman–Crippen LogP) is 14.5. The van der Waals surface area contributed by atoms with Gasteiger partial charge in [-0.15, -0.1) is 11.3 Å². The van der Waals surface area contributed by atoms with Gasteiger partial charge in [0.25, 0.3) is 0 Å². The van der Waals surface area contributed by atoms with Crippen molar-refractivity contribution >= 4 is 53.2 Å². The van der Waals surface area contributed by atoms with E-state index in [4.69, 9.17) is 15.0 Å². The van der Waals surface area contributed by atoms with Crippen molar-refractivity contribution < 1.29 is 0 Å². The van der Waals surface area contributed by atoms with Gasteiger partial charge in [-0.3, -0.25) is 0 Å². The van der Waals surface area contributed by atoms with E-state index in [0.717, 1.165) is 66.9 Å². The number of aromatic nitrogens is 3. The second-order valence-corrected chi connectivity index (χ2v) is 15.4. The number of hydrogen-bond acceptors (Lipinski definition) is 4. The van der Waals surface area contributed by atoms with Crippen LogP contribution < -0.4 is 0 Å². The Morgan fingerprint density at radius 3 is 1.60 bits per heavy atom. The molecule has 0 unspecified atom stereocenters. The molecule has 11 rings (SSSR count). The third kappa shape index (κ3) is 5.95. The molecule has 8 aromatic carbocycles. The van der Waals surface area contributed by atoms with Crippen LogP contribution in [-0.2, 0) is 0 Å². The maximum atomic E-state index is 5.29. The summed E-state index contributed by atoms with van der Waals surface area (Å²) in [7, 11) is 0. The minimum Gasteiger partial charge on any atom is -0.247 e. The Kier molecular flexibility index (Phi) is 8.01. The molecule has 0 spiro atoms. The average molecular weight is 744 g/mol. The van der Waals surface area contributed by atoms with Gasteiger partial charge < -0.3 is 0 Å². The largest absolute Gasteiger partial charge is 0.247 e. The minimum atomic E-state index is 0.684. The van der Waals surface area contributed by atoms with Crippen molar-refractivity contribution in [2.75, 3.05) is 0 Å². The van der Waals surface area contributed by atoms with Crippen molar-refractivity contribution in [3.05, 3.63) is 200 Å². The van der Waals surface area contributed by atoms with Crippen LogP contribution in [0, 0.1) is 0 Å². The Labute approximate surface area is 334 Å². The summed E-state index contributed by atoms with van der Waals surface area (Å²) in [6.45, 7) is 0. The van der Waals surface area contributed by atoms with Gasteiger partial charge in [-0.05, 0) is 52.6 Å². The highest BCUT2D eigenvalue weighted by atomic mass is 32.1. The standard InChI is InChI=1S/C53H33N3S/c1-3-13-34(14-4-1)38-17-11-19-40(31-38)48-33-47(55-53(56-48)41-20-12-18-39(32-41)35-15-5-2-6-16-35)36-25-27-37(28-26-36)51-45-30-29-43-42-21-8-10-24-49(42)57-52(43)50(45)44-22-7-9-23-46(44)54-51/h1-33H. The average Bonchev–Trinajstić information content (AvgIpc) is 3.68. The molecule has 266 valence electrons. The second kappa shape index (κ2) is 13.8. The summed E-state index contributed by atoms with van der Waals surface area (Å²) in [5, 5.41) is 6.19. The van der Waals surface area contributed by atoms with Gasteiger partial charge in [-0.25, -0.2) is 15.0 Å². The van der Waals surface area contributed by atoms with E-state index >= 15 is 0 Å². The van der Waals surface area contributed by atoms with Crippen LogP contribution in [0.15, 0.2) is 200 Å². The second-order valence-electron chi connectivity index (χ2n) is 14.4. The lowest BCUT2D eigenvalue weighted by molar-refractivity contribution is 1.18. The number of pyridine rings is 1. The lowest BCUT2D eigenvalue weighted by Gasteiger charge is -2.13. The van der Waals surface area contributed by atoms with Gasteiger partial charge in [-0.2, -0.15) is 0 Å². The van der Waals surface area contributed by atoms with E-state index < -0.39 is 0 Å². The molecular weight excluding hydrogens is 711 g/mol. The van der Waals surface area contributed by atoms with Crippen LogP contribution in [-0.4, -0.2) is 15.0 Å². The van der Waals surface area contributed by atoms with E-state index in [-0.39, 0.29) is 0 Å². The Bertz CT molecular complexity index is 3180. The molecule has 3 heterocycles. The van der Waals surface area contributed by atoms with E-state index in [2.05, 4.69) is 188 Å². The molecule has 0 aliphatic carbocycles. The lowest BCUT2D eigenvalue weighted by atomic mass is 9.97. The quantitative estimate of drug-likeness (QED) is 0.159. The van der Waals surface area contributed by atoms with Crippen LogP contribution in [0.5, 0.6) is 0 Å². The number of rotatable bonds is 6. The van der Waals surface area contributed by atoms with E-state index in [1.54, 1.807) is 0 Å². The highest BCUT2D eigenvalue weighted by Crippen LogP contribution is 2.43.